The highest BCUT2D eigenvalue weighted by molar-refractivity contribution is 6.15. The molecule has 2 heterocycles. The van der Waals surface area contributed by atoms with E-state index in [4.69, 9.17) is 21.9 Å². The van der Waals surface area contributed by atoms with Crippen molar-refractivity contribution in [2.45, 2.75) is 103 Å². The molecule has 1 unspecified atom stereocenters. The summed E-state index contributed by atoms with van der Waals surface area (Å²) in [5, 5.41) is 29.8. The molecule has 0 bridgehead atoms. The zero-order valence-corrected chi connectivity index (χ0v) is 33.7. The number of H-pyrrole nitrogens is 1. The van der Waals surface area contributed by atoms with Gasteiger partial charge in [-0.05, 0) is 54.2 Å². The van der Waals surface area contributed by atoms with Crippen LogP contribution in [0, 0.1) is 23.2 Å². The summed E-state index contributed by atoms with van der Waals surface area (Å²) in [6.45, 7) is 9.82. The van der Waals surface area contributed by atoms with Gasteiger partial charge in [0.2, 0.25) is 11.7 Å². The average Bonchev–Trinajstić information content (AvgIpc) is 3.72. The van der Waals surface area contributed by atoms with Crippen LogP contribution >= 0.6 is 0 Å². The van der Waals surface area contributed by atoms with Crippen LogP contribution in [0.15, 0.2) is 79.4 Å². The van der Waals surface area contributed by atoms with E-state index in [9.17, 15) is 15.0 Å². The maximum atomic E-state index is 15.5. The SMILES string of the molecule is CC[C@H](C)[C@H](N)C(=O)C(NC(=O)[C@@](CC(C)C)(C(=O)[C@@H](N)Cc1cnc[nH]1)[C@](O)(C(=O)COc1cccc2ccccc12)[C@H](O)[C@@H](N)CC(C)C)c1ccccn1. The first kappa shape index (κ1) is 44.8. The highest BCUT2D eigenvalue weighted by Crippen LogP contribution is 2.45. The molecule has 0 saturated carbocycles. The lowest BCUT2D eigenvalue weighted by molar-refractivity contribution is -0.197. The number of ketones is 3. The molecule has 10 N–H and O–H groups in total. The number of benzene rings is 2. The minimum absolute atomic E-state index is 0.0908. The molecule has 308 valence electrons. The summed E-state index contributed by atoms with van der Waals surface area (Å²) in [7, 11) is 0. The van der Waals surface area contributed by atoms with Crippen molar-refractivity contribution in [1.29, 1.82) is 0 Å². The van der Waals surface area contributed by atoms with Crippen molar-refractivity contribution in [3.63, 3.8) is 0 Å². The first-order chi connectivity index (χ1) is 27.0. The zero-order valence-electron chi connectivity index (χ0n) is 33.7. The quantitative estimate of drug-likeness (QED) is 0.0567. The maximum Gasteiger partial charge on any atom is 0.238 e. The highest BCUT2D eigenvalue weighted by Gasteiger charge is 2.69. The van der Waals surface area contributed by atoms with E-state index in [1.165, 1.54) is 24.8 Å². The highest BCUT2D eigenvalue weighted by atomic mass is 16.5. The number of carbonyl (C=O) groups is 4. The van der Waals surface area contributed by atoms with Crippen LogP contribution in [0.1, 0.15) is 78.2 Å². The van der Waals surface area contributed by atoms with E-state index >= 15 is 14.4 Å². The minimum atomic E-state index is -3.26. The fourth-order valence-electron chi connectivity index (χ4n) is 7.51. The molecular formula is C43H59N7O7. The number of nitrogens with zero attached hydrogens (tertiary/aromatic N) is 2. The molecule has 14 heteroatoms. The molecular weight excluding hydrogens is 727 g/mol. The number of aromatic nitrogens is 3. The van der Waals surface area contributed by atoms with Gasteiger partial charge in [0.15, 0.2) is 17.2 Å². The number of aliphatic hydroxyl groups is 2. The third kappa shape index (κ3) is 9.82. The maximum absolute atomic E-state index is 15.5. The van der Waals surface area contributed by atoms with Crippen molar-refractivity contribution in [2.75, 3.05) is 6.61 Å². The fraction of sp³-hybridized carbons (Fsp3) is 0.488. The van der Waals surface area contributed by atoms with Crippen LogP contribution in [-0.4, -0.2) is 84.9 Å². The molecule has 0 spiro atoms. The van der Waals surface area contributed by atoms with Crippen molar-refractivity contribution >= 4 is 34.0 Å². The van der Waals surface area contributed by atoms with Gasteiger partial charge in [0.1, 0.15) is 29.9 Å². The van der Waals surface area contributed by atoms with Crippen molar-refractivity contribution in [3.05, 3.63) is 90.8 Å². The van der Waals surface area contributed by atoms with Crippen LogP contribution in [0.4, 0.5) is 0 Å². The molecule has 0 saturated heterocycles. The molecule has 8 atom stereocenters. The standard InChI is InChI=1S/C43H59N7O7/c1-7-27(6)36(46)38(52)37(33-16-10-11-18-48-33)50-41(55)42(21-26(4)5,39(53)32(45)20-29-22-47-24-49-29)43(56,40(54)31(44)19-25(2)3)35(51)23-57-34-17-12-14-28-13-8-9-15-30(28)34/h8-18,22,24-27,31-32,36-37,40,54,56H,7,19-21,23,44-46H2,1-6H3,(H,47,49)(H,50,55)/t27-,31-,32-,36-,37?,40+,42+,43-/m0/s1. The van der Waals surface area contributed by atoms with Gasteiger partial charge in [0, 0.05) is 35.9 Å². The van der Waals surface area contributed by atoms with Crippen LogP contribution in [0.5, 0.6) is 5.75 Å². The average molecular weight is 786 g/mol. The Bertz CT molecular complexity index is 1950. The van der Waals surface area contributed by atoms with Crippen LogP contribution in [0.3, 0.4) is 0 Å². The Morgan fingerprint density at radius 3 is 2.23 bits per heavy atom. The van der Waals surface area contributed by atoms with E-state index in [1.807, 2.05) is 39.0 Å². The van der Waals surface area contributed by atoms with E-state index < -0.39 is 83.5 Å². The molecule has 57 heavy (non-hydrogen) atoms. The molecule has 4 aromatic rings. The molecule has 0 radical (unpaired) electrons. The van der Waals surface area contributed by atoms with E-state index in [2.05, 4.69) is 20.3 Å². The fourth-order valence-corrected chi connectivity index (χ4v) is 7.51. The normalized spacial score (nSPS) is 17.1. The molecule has 0 aliphatic rings. The second-order valence-electron chi connectivity index (χ2n) is 15.9. The van der Waals surface area contributed by atoms with Crippen LogP contribution < -0.4 is 27.3 Å². The van der Waals surface area contributed by atoms with Crippen molar-refractivity contribution in [2.24, 2.45) is 40.4 Å². The number of aliphatic hydroxyl groups excluding tert-OH is 1. The van der Waals surface area contributed by atoms with Gasteiger partial charge in [-0.2, -0.15) is 0 Å². The number of rotatable bonds is 22. The van der Waals surface area contributed by atoms with Gasteiger partial charge >= 0.3 is 0 Å². The molecule has 0 fully saturated rings. The second kappa shape index (κ2) is 19.5. The van der Waals surface area contributed by atoms with Crippen LogP contribution in [0.25, 0.3) is 10.8 Å². The third-order valence-electron chi connectivity index (χ3n) is 10.7. The minimum Gasteiger partial charge on any atom is -0.485 e. The number of imidazole rings is 1. The van der Waals surface area contributed by atoms with E-state index in [0.29, 0.717) is 17.5 Å². The van der Waals surface area contributed by atoms with Gasteiger partial charge < -0.3 is 42.5 Å². The predicted molar refractivity (Wildman–Crippen MR) is 218 cm³/mol. The number of nitrogens with two attached hydrogens (primary N) is 3. The number of fused-ring (bicyclic) bond motifs is 1. The number of ether oxygens (including phenoxy) is 1. The Morgan fingerprint density at radius 1 is 0.930 bits per heavy atom. The van der Waals surface area contributed by atoms with Gasteiger partial charge in [-0.15, -0.1) is 0 Å². The van der Waals surface area contributed by atoms with E-state index in [0.717, 1.165) is 5.39 Å². The molecule has 0 aliphatic heterocycles. The number of amides is 1. The topological polar surface area (TPSA) is 250 Å². The Balaban J connectivity index is 1.99. The number of aromatic amines is 1. The lowest BCUT2D eigenvalue weighted by Gasteiger charge is -2.49. The lowest BCUT2D eigenvalue weighted by atomic mass is 9.57. The smallest absolute Gasteiger partial charge is 0.238 e. The number of Topliss-reactive ketones (excluding diaryl/α,β-unsaturated/α-hetero) is 3. The van der Waals surface area contributed by atoms with Gasteiger partial charge in [-0.25, -0.2) is 4.98 Å². The van der Waals surface area contributed by atoms with Crippen LogP contribution in [-0.2, 0) is 25.6 Å². The van der Waals surface area contributed by atoms with Crippen molar-refractivity contribution < 1.29 is 34.1 Å². The molecule has 2 aromatic heterocycles. The molecule has 0 aliphatic carbocycles. The summed E-state index contributed by atoms with van der Waals surface area (Å²) >= 11 is 0. The van der Waals surface area contributed by atoms with E-state index in [1.54, 1.807) is 57.2 Å². The Kier molecular flexibility index (Phi) is 15.4. The second-order valence-corrected chi connectivity index (χ2v) is 15.9. The monoisotopic (exact) mass is 785 g/mol. The molecule has 2 aromatic carbocycles. The van der Waals surface area contributed by atoms with Crippen molar-refractivity contribution in [1.82, 2.24) is 20.3 Å². The Hall–Kier alpha value is -4.86. The van der Waals surface area contributed by atoms with Gasteiger partial charge in [0.05, 0.1) is 24.1 Å². The van der Waals surface area contributed by atoms with Crippen LogP contribution in [0.2, 0.25) is 0 Å². The molecule has 4 rings (SSSR count). The number of hydrogen-bond donors (Lipinski definition) is 7. The Labute approximate surface area is 334 Å². The number of hydrogen-bond acceptors (Lipinski definition) is 12. The summed E-state index contributed by atoms with van der Waals surface area (Å²) < 4.78 is 6.07. The summed E-state index contributed by atoms with van der Waals surface area (Å²) in [6, 6.07) is 11.8. The van der Waals surface area contributed by atoms with E-state index in [-0.39, 0.29) is 36.1 Å². The summed E-state index contributed by atoms with van der Waals surface area (Å²) in [6.07, 6.45) is 2.02. The number of pyridine rings is 1. The zero-order chi connectivity index (χ0) is 42.1. The van der Waals surface area contributed by atoms with Crippen molar-refractivity contribution in [3.8, 4) is 5.75 Å². The van der Waals surface area contributed by atoms with Gasteiger partial charge in [-0.3, -0.25) is 24.2 Å². The summed E-state index contributed by atoms with van der Waals surface area (Å²) in [5.74, 6) is -4.88. The third-order valence-corrected chi connectivity index (χ3v) is 10.7. The lowest BCUT2D eigenvalue weighted by Crippen LogP contribution is -2.75. The summed E-state index contributed by atoms with van der Waals surface area (Å²) in [5.41, 5.74) is 14.1. The number of nitrogens with one attached hydrogen (secondary N) is 2. The molecule has 14 nitrogen and oxygen atoms in total. The van der Waals surface area contributed by atoms with Gasteiger partial charge in [-0.1, -0.05) is 90.4 Å². The predicted octanol–water partition coefficient (Wildman–Crippen LogP) is 3.34. The van der Waals surface area contributed by atoms with Gasteiger partial charge in [0.25, 0.3) is 0 Å². The Morgan fingerprint density at radius 2 is 1.61 bits per heavy atom. The first-order valence-corrected chi connectivity index (χ1v) is 19.6. The largest absolute Gasteiger partial charge is 0.485 e. The summed E-state index contributed by atoms with van der Waals surface area (Å²) in [4.78, 5) is 71.4. The molecule has 1 amide bonds. The first-order valence-electron chi connectivity index (χ1n) is 19.6. The number of carbonyl (C=O) groups excluding carboxylic acids is 4.